The van der Waals surface area contributed by atoms with Crippen LogP contribution in [0, 0.1) is 0 Å². The molecule has 1 aromatic carbocycles. The maximum Gasteiger partial charge on any atom is 0.177 e. The molecule has 7 heteroatoms. The van der Waals surface area contributed by atoms with Gasteiger partial charge in [0, 0.05) is 10.6 Å². The van der Waals surface area contributed by atoms with Crippen LogP contribution in [0.25, 0.3) is 5.65 Å². The van der Waals surface area contributed by atoms with Gasteiger partial charge in [-0.15, -0.1) is 15.3 Å². The minimum Gasteiger partial charge on any atom is -0.260 e. The standard InChI is InChI=1S/C13H11ClN6/c1-9(10-4-2-3-5-11(10)14)16-17-12-6-7-13-18-15-8-20(13)19-12/h2-8H,1H3,(H,17,19). The van der Waals surface area contributed by atoms with E-state index in [0.717, 1.165) is 11.3 Å². The fraction of sp³-hybridized carbons (Fsp3) is 0.0769. The average molecular weight is 287 g/mol. The van der Waals surface area contributed by atoms with Gasteiger partial charge in [-0.3, -0.25) is 5.43 Å². The summed E-state index contributed by atoms with van der Waals surface area (Å²) in [6.45, 7) is 1.88. The molecule has 0 bridgehead atoms. The van der Waals surface area contributed by atoms with Crippen LogP contribution >= 0.6 is 11.6 Å². The topological polar surface area (TPSA) is 67.5 Å². The van der Waals surface area contributed by atoms with Crippen molar-refractivity contribution in [1.29, 1.82) is 0 Å². The lowest BCUT2D eigenvalue weighted by Gasteiger charge is -2.04. The second kappa shape index (κ2) is 5.26. The second-order valence-corrected chi connectivity index (χ2v) is 4.55. The molecule has 0 fully saturated rings. The van der Waals surface area contributed by atoms with E-state index < -0.39 is 0 Å². The zero-order valence-electron chi connectivity index (χ0n) is 10.7. The number of aromatic nitrogens is 4. The minimum atomic E-state index is 0.601. The van der Waals surface area contributed by atoms with Crippen LogP contribution in [0.15, 0.2) is 47.8 Å². The van der Waals surface area contributed by atoms with Crippen molar-refractivity contribution in [2.24, 2.45) is 5.10 Å². The van der Waals surface area contributed by atoms with Crippen molar-refractivity contribution in [1.82, 2.24) is 19.8 Å². The van der Waals surface area contributed by atoms with Crippen LogP contribution in [-0.4, -0.2) is 25.5 Å². The van der Waals surface area contributed by atoms with Gasteiger partial charge in [-0.2, -0.15) is 9.62 Å². The van der Waals surface area contributed by atoms with Crippen LogP contribution < -0.4 is 5.43 Å². The van der Waals surface area contributed by atoms with Crippen LogP contribution in [0.2, 0.25) is 5.02 Å². The summed E-state index contributed by atoms with van der Waals surface area (Å²) < 4.78 is 1.57. The van der Waals surface area contributed by atoms with Gasteiger partial charge >= 0.3 is 0 Å². The normalized spacial score (nSPS) is 11.8. The Bertz CT molecular complexity index is 779. The van der Waals surface area contributed by atoms with Gasteiger partial charge in [0.25, 0.3) is 0 Å². The molecule has 0 saturated heterocycles. The van der Waals surface area contributed by atoms with E-state index in [1.165, 1.54) is 6.33 Å². The summed E-state index contributed by atoms with van der Waals surface area (Å²) in [7, 11) is 0. The molecule has 0 atom stereocenters. The highest BCUT2D eigenvalue weighted by Crippen LogP contribution is 2.16. The van der Waals surface area contributed by atoms with Gasteiger partial charge in [-0.05, 0) is 25.1 Å². The number of halogens is 1. The number of rotatable bonds is 3. The predicted octanol–water partition coefficient (Wildman–Crippen LogP) is 2.61. The predicted molar refractivity (Wildman–Crippen MR) is 78.1 cm³/mol. The van der Waals surface area contributed by atoms with Crippen molar-refractivity contribution in [3.8, 4) is 0 Å². The third-order valence-electron chi connectivity index (χ3n) is 2.76. The highest BCUT2D eigenvalue weighted by Gasteiger charge is 2.03. The molecule has 0 aliphatic rings. The highest BCUT2D eigenvalue weighted by molar-refractivity contribution is 6.34. The Kier molecular flexibility index (Phi) is 3.30. The molecule has 0 saturated carbocycles. The van der Waals surface area contributed by atoms with Crippen molar-refractivity contribution >= 4 is 28.8 Å². The Morgan fingerprint density at radius 2 is 2.10 bits per heavy atom. The number of anilines is 1. The summed E-state index contributed by atoms with van der Waals surface area (Å²) in [6, 6.07) is 11.1. The van der Waals surface area contributed by atoms with E-state index in [1.807, 2.05) is 37.3 Å². The molecule has 3 aromatic rings. The van der Waals surface area contributed by atoms with Crippen LogP contribution in [0.1, 0.15) is 12.5 Å². The van der Waals surface area contributed by atoms with Crippen molar-refractivity contribution in [2.75, 3.05) is 5.43 Å². The Morgan fingerprint density at radius 1 is 1.25 bits per heavy atom. The smallest absolute Gasteiger partial charge is 0.177 e. The van der Waals surface area contributed by atoms with Crippen LogP contribution in [-0.2, 0) is 0 Å². The first-order chi connectivity index (χ1) is 9.74. The summed E-state index contributed by atoms with van der Waals surface area (Å²) in [5.41, 5.74) is 5.24. The fourth-order valence-corrected chi connectivity index (χ4v) is 2.02. The second-order valence-electron chi connectivity index (χ2n) is 4.14. The molecule has 3 rings (SSSR count). The maximum absolute atomic E-state index is 6.12. The molecular formula is C13H11ClN6. The number of nitrogens with one attached hydrogen (secondary N) is 1. The number of hydrogen-bond acceptors (Lipinski definition) is 5. The van der Waals surface area contributed by atoms with Gasteiger partial charge in [-0.25, -0.2) is 0 Å². The monoisotopic (exact) mass is 286 g/mol. The molecule has 0 unspecified atom stereocenters. The molecular weight excluding hydrogens is 276 g/mol. The van der Waals surface area contributed by atoms with E-state index in [2.05, 4.69) is 25.8 Å². The molecule has 0 aliphatic carbocycles. The van der Waals surface area contributed by atoms with E-state index in [4.69, 9.17) is 11.6 Å². The number of fused-ring (bicyclic) bond motifs is 1. The Balaban J connectivity index is 1.84. The lowest BCUT2D eigenvalue weighted by atomic mass is 10.1. The van der Waals surface area contributed by atoms with Crippen molar-refractivity contribution in [3.63, 3.8) is 0 Å². The lowest BCUT2D eigenvalue weighted by Crippen LogP contribution is -2.03. The fourth-order valence-electron chi connectivity index (χ4n) is 1.74. The van der Waals surface area contributed by atoms with E-state index >= 15 is 0 Å². The largest absolute Gasteiger partial charge is 0.260 e. The molecule has 2 heterocycles. The van der Waals surface area contributed by atoms with E-state index in [9.17, 15) is 0 Å². The van der Waals surface area contributed by atoms with E-state index in [0.29, 0.717) is 16.5 Å². The van der Waals surface area contributed by atoms with Crippen LogP contribution in [0.3, 0.4) is 0 Å². The molecule has 0 amide bonds. The minimum absolute atomic E-state index is 0.601. The van der Waals surface area contributed by atoms with Crippen molar-refractivity contribution in [2.45, 2.75) is 6.92 Å². The van der Waals surface area contributed by atoms with Gasteiger partial charge in [-0.1, -0.05) is 29.8 Å². The summed E-state index contributed by atoms with van der Waals surface area (Å²) in [4.78, 5) is 0. The van der Waals surface area contributed by atoms with Gasteiger partial charge in [0.1, 0.15) is 6.33 Å². The number of hydrogen-bond donors (Lipinski definition) is 1. The van der Waals surface area contributed by atoms with Gasteiger partial charge in [0.05, 0.1) is 5.71 Å². The Hall–Kier alpha value is -2.47. The number of nitrogens with zero attached hydrogens (tertiary/aromatic N) is 5. The zero-order chi connectivity index (χ0) is 13.9. The highest BCUT2D eigenvalue weighted by atomic mass is 35.5. The van der Waals surface area contributed by atoms with Gasteiger partial charge in [0.2, 0.25) is 0 Å². The first-order valence-corrected chi connectivity index (χ1v) is 6.34. The van der Waals surface area contributed by atoms with E-state index in [1.54, 1.807) is 10.6 Å². The van der Waals surface area contributed by atoms with Gasteiger partial charge < -0.3 is 0 Å². The summed E-state index contributed by atoms with van der Waals surface area (Å²) in [5.74, 6) is 0.601. The molecule has 1 N–H and O–H groups in total. The number of benzene rings is 1. The third kappa shape index (κ3) is 2.46. The molecule has 0 spiro atoms. The third-order valence-corrected chi connectivity index (χ3v) is 3.09. The first kappa shape index (κ1) is 12.6. The molecule has 2 aromatic heterocycles. The first-order valence-electron chi connectivity index (χ1n) is 5.96. The van der Waals surface area contributed by atoms with Crippen LogP contribution in [0.5, 0.6) is 0 Å². The average Bonchev–Trinajstić information content (AvgIpc) is 2.92. The van der Waals surface area contributed by atoms with E-state index in [-0.39, 0.29) is 0 Å². The lowest BCUT2D eigenvalue weighted by molar-refractivity contribution is 0.924. The van der Waals surface area contributed by atoms with Crippen molar-refractivity contribution < 1.29 is 0 Å². The SMILES string of the molecule is CC(=NNc1ccc2nncn2n1)c1ccccc1Cl. The molecule has 0 radical (unpaired) electrons. The molecule has 20 heavy (non-hydrogen) atoms. The Labute approximate surface area is 120 Å². The quantitative estimate of drug-likeness (QED) is 0.594. The van der Waals surface area contributed by atoms with Gasteiger partial charge in [0.15, 0.2) is 11.5 Å². The molecule has 100 valence electrons. The van der Waals surface area contributed by atoms with Crippen LogP contribution in [0.4, 0.5) is 5.82 Å². The molecule has 0 aliphatic heterocycles. The summed E-state index contributed by atoms with van der Waals surface area (Å²) in [6.07, 6.45) is 1.53. The maximum atomic E-state index is 6.12. The summed E-state index contributed by atoms with van der Waals surface area (Å²) >= 11 is 6.12. The number of hydrazone groups is 1. The molecule has 6 nitrogen and oxygen atoms in total. The van der Waals surface area contributed by atoms with Crippen molar-refractivity contribution in [3.05, 3.63) is 53.3 Å². The Morgan fingerprint density at radius 3 is 2.95 bits per heavy atom. The summed E-state index contributed by atoms with van der Waals surface area (Å²) in [5, 5.41) is 16.9. The zero-order valence-corrected chi connectivity index (χ0v) is 11.4.